The van der Waals surface area contributed by atoms with E-state index < -0.39 is 26.4 Å². The van der Waals surface area contributed by atoms with Gasteiger partial charge in [-0.25, -0.2) is 0 Å². The van der Waals surface area contributed by atoms with E-state index in [-0.39, 0.29) is 12.2 Å². The normalized spacial score (nSPS) is 15.8. The molecule has 0 aromatic heterocycles. The highest BCUT2D eigenvalue weighted by Crippen LogP contribution is 2.46. The first kappa shape index (κ1) is 23.8. The number of Topliss-reactive ketones (excluding diaryl/α,β-unsaturated/α-hetero) is 1. The average Bonchev–Trinajstić information content (AvgIpc) is 2.61. The van der Waals surface area contributed by atoms with E-state index in [0.717, 1.165) is 5.56 Å². The summed E-state index contributed by atoms with van der Waals surface area (Å²) < 4.78 is 6.93. The summed E-state index contributed by atoms with van der Waals surface area (Å²) in [6.45, 7) is 18.8. The third-order valence-electron chi connectivity index (χ3n) is 5.84. The first-order valence-electron chi connectivity index (χ1n) is 10.1. The number of rotatable bonds is 11. The summed E-state index contributed by atoms with van der Waals surface area (Å²) in [5, 5.41) is 11.2. The van der Waals surface area contributed by atoms with Crippen molar-refractivity contribution in [3.8, 4) is 0 Å². The van der Waals surface area contributed by atoms with Gasteiger partial charge in [0.05, 0.1) is 12.2 Å². The Bertz CT molecular complexity index is 573. The zero-order valence-electron chi connectivity index (χ0n) is 18.1. The number of allylic oxidation sites excluding steroid dienone is 1. The van der Waals surface area contributed by atoms with E-state index >= 15 is 0 Å². The Morgan fingerprint density at radius 2 is 1.52 bits per heavy atom. The molecule has 0 unspecified atom stereocenters. The summed E-state index contributed by atoms with van der Waals surface area (Å²) in [6, 6.07) is 9.84. The van der Waals surface area contributed by atoms with E-state index in [1.807, 2.05) is 30.3 Å². The van der Waals surface area contributed by atoms with Crippen LogP contribution in [0, 0.1) is 5.92 Å². The molecule has 27 heavy (non-hydrogen) atoms. The topological polar surface area (TPSA) is 46.5 Å². The van der Waals surface area contributed by atoms with Gasteiger partial charge in [-0.05, 0) is 22.2 Å². The zero-order chi connectivity index (χ0) is 20.8. The second-order valence-corrected chi connectivity index (χ2v) is 13.9. The van der Waals surface area contributed by atoms with E-state index in [1.165, 1.54) is 0 Å². The van der Waals surface area contributed by atoms with Crippen LogP contribution in [0.15, 0.2) is 43.0 Å². The Labute approximate surface area is 167 Å². The summed E-state index contributed by atoms with van der Waals surface area (Å²) in [6.07, 6.45) is 0.469. The van der Waals surface area contributed by atoms with Crippen molar-refractivity contribution in [3.05, 3.63) is 48.6 Å². The zero-order valence-corrected chi connectivity index (χ0v) is 19.1. The van der Waals surface area contributed by atoms with Crippen molar-refractivity contribution < 1.29 is 14.3 Å². The molecule has 0 saturated carbocycles. The fraction of sp³-hybridized carbons (Fsp3) is 0.609. The highest BCUT2D eigenvalue weighted by atomic mass is 28.4. The quantitative estimate of drug-likeness (QED) is 0.369. The molecule has 0 fully saturated rings. The van der Waals surface area contributed by atoms with Crippen LogP contribution in [0.1, 0.15) is 66.6 Å². The molecule has 0 bridgehead atoms. The monoisotopic (exact) mass is 390 g/mol. The van der Waals surface area contributed by atoms with Crippen molar-refractivity contribution in [1.29, 1.82) is 0 Å². The van der Waals surface area contributed by atoms with Gasteiger partial charge in [0, 0.05) is 12.3 Å². The second-order valence-electron chi connectivity index (χ2n) is 8.51. The molecular formula is C23H38O3Si. The smallest absolute Gasteiger partial charge is 0.201 e. The number of ketones is 1. The molecule has 0 amide bonds. The first-order valence-corrected chi connectivity index (χ1v) is 12.3. The van der Waals surface area contributed by atoms with E-state index in [1.54, 1.807) is 13.0 Å². The first-order chi connectivity index (χ1) is 12.6. The molecule has 0 aliphatic rings. The SMILES string of the molecule is C=CCC(=O)[C@H](C)[C@@H](O)[C@H](O[Si](C(C)C)(C(C)C)C(C)C)c1ccccc1. The maximum atomic E-state index is 12.4. The van der Waals surface area contributed by atoms with Crippen molar-refractivity contribution >= 4 is 14.1 Å². The molecule has 1 N–H and O–H groups in total. The molecule has 152 valence electrons. The van der Waals surface area contributed by atoms with Crippen LogP contribution in [0.5, 0.6) is 0 Å². The standard InChI is InChI=1S/C23H38O3Si/c1-9-13-21(24)19(8)22(25)23(20-14-11-10-12-15-20)26-27(16(2)3,17(4)5)18(6)7/h9-12,14-19,22-23,25H,1,13H2,2-8H3/t19-,22+,23+/m0/s1. The summed E-state index contributed by atoms with van der Waals surface area (Å²) in [7, 11) is -2.23. The van der Waals surface area contributed by atoms with Gasteiger partial charge in [0.2, 0.25) is 8.32 Å². The Hall–Kier alpha value is -1.23. The van der Waals surface area contributed by atoms with Gasteiger partial charge in [0.25, 0.3) is 0 Å². The van der Waals surface area contributed by atoms with Crippen LogP contribution in [-0.4, -0.2) is 25.3 Å². The molecule has 1 aromatic rings. The summed E-state index contributed by atoms with van der Waals surface area (Å²) in [5.41, 5.74) is 2.13. The second kappa shape index (κ2) is 10.3. The number of hydrogen-bond donors (Lipinski definition) is 1. The fourth-order valence-corrected chi connectivity index (χ4v) is 9.92. The molecular weight excluding hydrogens is 352 g/mol. The molecule has 1 rings (SSSR count). The van der Waals surface area contributed by atoms with Crippen molar-refractivity contribution in [2.24, 2.45) is 5.92 Å². The van der Waals surface area contributed by atoms with Crippen LogP contribution >= 0.6 is 0 Å². The number of carbonyl (C=O) groups is 1. The fourth-order valence-electron chi connectivity index (χ4n) is 4.39. The minimum atomic E-state index is -2.23. The Morgan fingerprint density at radius 3 is 1.93 bits per heavy atom. The minimum absolute atomic E-state index is 0.00654. The van der Waals surface area contributed by atoms with Crippen LogP contribution in [-0.2, 0) is 9.22 Å². The van der Waals surface area contributed by atoms with Crippen molar-refractivity contribution in [2.45, 2.75) is 83.7 Å². The molecule has 0 saturated heterocycles. The van der Waals surface area contributed by atoms with Gasteiger partial charge in [-0.3, -0.25) is 4.79 Å². The van der Waals surface area contributed by atoms with E-state index in [9.17, 15) is 9.90 Å². The van der Waals surface area contributed by atoms with Crippen LogP contribution in [0.4, 0.5) is 0 Å². The van der Waals surface area contributed by atoms with Gasteiger partial charge in [0.15, 0.2) is 0 Å². The number of aliphatic hydroxyl groups excluding tert-OH is 1. The molecule has 3 nitrogen and oxygen atoms in total. The van der Waals surface area contributed by atoms with Crippen LogP contribution in [0.2, 0.25) is 16.6 Å². The lowest BCUT2D eigenvalue weighted by molar-refractivity contribution is -0.127. The Balaban J connectivity index is 3.38. The molecule has 0 heterocycles. The molecule has 0 aliphatic heterocycles. The lowest BCUT2D eigenvalue weighted by Gasteiger charge is -2.46. The predicted molar refractivity (Wildman–Crippen MR) is 116 cm³/mol. The van der Waals surface area contributed by atoms with Crippen LogP contribution in [0.25, 0.3) is 0 Å². The highest BCUT2D eigenvalue weighted by molar-refractivity contribution is 6.77. The van der Waals surface area contributed by atoms with Gasteiger partial charge in [-0.15, -0.1) is 6.58 Å². The van der Waals surface area contributed by atoms with Crippen LogP contribution < -0.4 is 0 Å². The number of aliphatic hydroxyl groups is 1. The lowest BCUT2D eigenvalue weighted by Crippen LogP contribution is -2.50. The largest absolute Gasteiger partial charge is 0.406 e. The summed E-state index contributed by atoms with van der Waals surface area (Å²) >= 11 is 0. The maximum absolute atomic E-state index is 12.4. The molecule has 0 radical (unpaired) electrons. The molecule has 1 aromatic carbocycles. The van der Waals surface area contributed by atoms with E-state index in [4.69, 9.17) is 4.43 Å². The van der Waals surface area contributed by atoms with Gasteiger partial charge < -0.3 is 9.53 Å². The van der Waals surface area contributed by atoms with Crippen molar-refractivity contribution in [3.63, 3.8) is 0 Å². The van der Waals surface area contributed by atoms with Gasteiger partial charge in [0.1, 0.15) is 5.78 Å². The number of hydrogen-bond acceptors (Lipinski definition) is 3. The highest BCUT2D eigenvalue weighted by Gasteiger charge is 2.48. The minimum Gasteiger partial charge on any atom is -0.406 e. The van der Waals surface area contributed by atoms with Gasteiger partial charge >= 0.3 is 0 Å². The average molecular weight is 391 g/mol. The van der Waals surface area contributed by atoms with Gasteiger partial charge in [-0.2, -0.15) is 0 Å². The van der Waals surface area contributed by atoms with Crippen LogP contribution in [0.3, 0.4) is 0 Å². The lowest BCUT2D eigenvalue weighted by atomic mass is 9.90. The number of benzene rings is 1. The Kier molecular flexibility index (Phi) is 9.12. The van der Waals surface area contributed by atoms with Crippen molar-refractivity contribution in [2.75, 3.05) is 0 Å². The third-order valence-corrected chi connectivity index (χ3v) is 11.9. The molecule has 0 spiro atoms. The maximum Gasteiger partial charge on any atom is 0.201 e. The predicted octanol–water partition coefficient (Wildman–Crippen LogP) is 6.06. The Morgan fingerprint density at radius 1 is 1.04 bits per heavy atom. The summed E-state index contributed by atoms with van der Waals surface area (Å²) in [5.74, 6) is -0.515. The molecule has 3 atom stereocenters. The van der Waals surface area contributed by atoms with E-state index in [0.29, 0.717) is 16.6 Å². The van der Waals surface area contributed by atoms with Crippen molar-refractivity contribution in [1.82, 2.24) is 0 Å². The van der Waals surface area contributed by atoms with E-state index in [2.05, 4.69) is 48.1 Å². The summed E-state index contributed by atoms with van der Waals surface area (Å²) in [4.78, 5) is 12.4. The number of carbonyl (C=O) groups excluding carboxylic acids is 1. The third kappa shape index (κ3) is 5.40. The van der Waals surface area contributed by atoms with Gasteiger partial charge in [-0.1, -0.05) is 84.9 Å². The molecule has 4 heteroatoms. The molecule has 0 aliphatic carbocycles.